The number of likely N-dealkylation sites (N-methyl/N-ethyl adjacent to an activating group) is 1. The Labute approximate surface area is 139 Å². The number of rotatable bonds is 4. The van der Waals surface area contributed by atoms with Crippen LogP contribution in [0.2, 0.25) is 0 Å². The number of piperazine rings is 1. The number of hydrogen-bond acceptors (Lipinski definition) is 6. The molecule has 0 spiro atoms. The highest BCUT2D eigenvalue weighted by Gasteiger charge is 2.25. The number of thioether (sulfide) groups is 1. The van der Waals surface area contributed by atoms with Crippen molar-refractivity contribution in [3.05, 3.63) is 41.8 Å². The minimum atomic E-state index is -0.229. The molecule has 1 aliphatic heterocycles. The molecule has 0 amide bonds. The molecule has 120 valence electrons. The van der Waals surface area contributed by atoms with Crippen molar-refractivity contribution >= 4 is 24.2 Å². The van der Waals surface area contributed by atoms with Crippen molar-refractivity contribution in [2.45, 2.75) is 16.7 Å². The minimum absolute atomic E-state index is 0. The molecule has 1 fully saturated rings. The van der Waals surface area contributed by atoms with Gasteiger partial charge in [-0.2, -0.15) is 4.98 Å². The third-order valence-corrected chi connectivity index (χ3v) is 4.47. The van der Waals surface area contributed by atoms with E-state index in [1.807, 2.05) is 0 Å². The van der Waals surface area contributed by atoms with Crippen LogP contribution in [0.15, 0.2) is 33.7 Å². The predicted octanol–water partition coefficient (Wildman–Crippen LogP) is 2.50. The van der Waals surface area contributed by atoms with E-state index >= 15 is 0 Å². The molecule has 22 heavy (non-hydrogen) atoms. The van der Waals surface area contributed by atoms with E-state index in [1.54, 1.807) is 23.9 Å². The van der Waals surface area contributed by atoms with Gasteiger partial charge in [-0.05, 0) is 31.3 Å². The molecule has 0 bridgehead atoms. The summed E-state index contributed by atoms with van der Waals surface area (Å²) >= 11 is 1.55. The normalized spacial score (nSPS) is 18.9. The van der Waals surface area contributed by atoms with E-state index in [0.29, 0.717) is 11.6 Å². The zero-order valence-corrected chi connectivity index (χ0v) is 13.8. The van der Waals surface area contributed by atoms with Gasteiger partial charge in [0.25, 0.3) is 0 Å². The van der Waals surface area contributed by atoms with Crippen LogP contribution in [0.1, 0.15) is 17.8 Å². The van der Waals surface area contributed by atoms with Crippen LogP contribution < -0.4 is 5.32 Å². The van der Waals surface area contributed by atoms with Crippen LogP contribution in [0.3, 0.4) is 0 Å². The first kappa shape index (κ1) is 17.2. The second-order valence-electron chi connectivity index (χ2n) is 4.99. The Morgan fingerprint density at radius 3 is 2.91 bits per heavy atom. The Balaban J connectivity index is 0.00000176. The van der Waals surface area contributed by atoms with Gasteiger partial charge in [-0.1, -0.05) is 5.16 Å². The van der Waals surface area contributed by atoms with E-state index in [4.69, 9.17) is 4.52 Å². The molecule has 3 rings (SSSR count). The molecule has 1 aliphatic rings. The van der Waals surface area contributed by atoms with Crippen LogP contribution in [0, 0.1) is 5.82 Å². The maximum Gasteiger partial charge on any atom is 0.237 e. The fraction of sp³-hybridized carbons (Fsp3) is 0.429. The van der Waals surface area contributed by atoms with Gasteiger partial charge in [-0.3, -0.25) is 4.90 Å². The standard InChI is InChI=1S/C14H17FN4OS.ClH/c1-19-7-6-16-8-12(19)14-17-13(20-18-14)9-21-11-4-2-10(15)3-5-11;/h2-5,12,16H,6-9H2,1H3;1H. The smallest absolute Gasteiger partial charge is 0.237 e. The van der Waals surface area contributed by atoms with Crippen LogP contribution in [0.4, 0.5) is 4.39 Å². The van der Waals surface area contributed by atoms with Crippen molar-refractivity contribution in [1.82, 2.24) is 20.4 Å². The Kier molecular flexibility index (Phi) is 6.19. The molecule has 1 aromatic heterocycles. The van der Waals surface area contributed by atoms with E-state index in [-0.39, 0.29) is 24.3 Å². The third-order valence-electron chi connectivity index (χ3n) is 3.47. The number of nitrogens with zero attached hydrogens (tertiary/aromatic N) is 3. The number of benzene rings is 1. The van der Waals surface area contributed by atoms with Gasteiger partial charge in [0.15, 0.2) is 5.82 Å². The van der Waals surface area contributed by atoms with E-state index in [2.05, 4.69) is 27.4 Å². The molecule has 0 aliphatic carbocycles. The van der Waals surface area contributed by atoms with Crippen molar-refractivity contribution in [1.29, 1.82) is 0 Å². The Morgan fingerprint density at radius 1 is 1.41 bits per heavy atom. The van der Waals surface area contributed by atoms with Crippen LogP contribution in [-0.2, 0) is 5.75 Å². The van der Waals surface area contributed by atoms with Gasteiger partial charge in [-0.25, -0.2) is 4.39 Å². The van der Waals surface area contributed by atoms with Crippen molar-refractivity contribution in [3.8, 4) is 0 Å². The molecular weight excluding hydrogens is 327 g/mol. The lowest BCUT2D eigenvalue weighted by molar-refractivity contribution is 0.190. The molecule has 0 saturated carbocycles. The van der Waals surface area contributed by atoms with Crippen molar-refractivity contribution in [2.24, 2.45) is 0 Å². The molecule has 1 atom stereocenters. The van der Waals surface area contributed by atoms with Gasteiger partial charge < -0.3 is 9.84 Å². The minimum Gasteiger partial charge on any atom is -0.338 e. The summed E-state index contributed by atoms with van der Waals surface area (Å²) in [6.07, 6.45) is 0. The van der Waals surface area contributed by atoms with E-state index < -0.39 is 0 Å². The molecule has 1 aromatic carbocycles. The van der Waals surface area contributed by atoms with Crippen LogP contribution in [0.5, 0.6) is 0 Å². The van der Waals surface area contributed by atoms with E-state index in [0.717, 1.165) is 30.4 Å². The predicted molar refractivity (Wildman–Crippen MR) is 85.7 cm³/mol. The summed E-state index contributed by atoms with van der Waals surface area (Å²) in [5.74, 6) is 1.67. The van der Waals surface area contributed by atoms with Crippen LogP contribution in [-0.4, -0.2) is 41.7 Å². The Bertz CT molecular complexity index is 595. The number of hydrogen-bond donors (Lipinski definition) is 1. The second kappa shape index (κ2) is 7.92. The average molecular weight is 345 g/mol. The maximum atomic E-state index is 12.8. The van der Waals surface area contributed by atoms with Crippen LogP contribution in [0.25, 0.3) is 0 Å². The summed E-state index contributed by atoms with van der Waals surface area (Å²) < 4.78 is 18.1. The topological polar surface area (TPSA) is 54.2 Å². The number of nitrogens with one attached hydrogen (secondary N) is 1. The van der Waals surface area contributed by atoms with Gasteiger partial charge in [0.2, 0.25) is 5.89 Å². The Morgan fingerprint density at radius 2 is 2.18 bits per heavy atom. The average Bonchev–Trinajstić information content (AvgIpc) is 2.96. The first-order valence-electron chi connectivity index (χ1n) is 6.84. The summed E-state index contributed by atoms with van der Waals surface area (Å²) in [5.41, 5.74) is 0. The Hall–Kier alpha value is -1.15. The summed E-state index contributed by atoms with van der Waals surface area (Å²) in [5, 5.41) is 7.41. The third kappa shape index (κ3) is 4.19. The number of aromatic nitrogens is 2. The lowest BCUT2D eigenvalue weighted by Crippen LogP contribution is -2.44. The maximum absolute atomic E-state index is 12.8. The van der Waals surface area contributed by atoms with E-state index in [9.17, 15) is 4.39 Å². The summed E-state index contributed by atoms with van der Waals surface area (Å²) in [7, 11) is 2.06. The fourth-order valence-electron chi connectivity index (χ4n) is 2.23. The van der Waals surface area contributed by atoms with Crippen molar-refractivity contribution < 1.29 is 8.91 Å². The first-order valence-corrected chi connectivity index (χ1v) is 7.83. The monoisotopic (exact) mass is 344 g/mol. The van der Waals surface area contributed by atoms with Crippen molar-refractivity contribution in [3.63, 3.8) is 0 Å². The quantitative estimate of drug-likeness (QED) is 0.860. The zero-order valence-electron chi connectivity index (χ0n) is 12.2. The highest BCUT2D eigenvalue weighted by molar-refractivity contribution is 7.98. The summed E-state index contributed by atoms with van der Waals surface area (Å²) in [6.45, 7) is 2.79. The molecular formula is C14H18ClFN4OS. The summed E-state index contributed by atoms with van der Waals surface area (Å²) in [4.78, 5) is 7.66. The second-order valence-corrected chi connectivity index (χ2v) is 6.04. The van der Waals surface area contributed by atoms with Crippen LogP contribution >= 0.6 is 24.2 Å². The van der Waals surface area contributed by atoms with Gasteiger partial charge >= 0.3 is 0 Å². The molecule has 8 heteroatoms. The molecule has 5 nitrogen and oxygen atoms in total. The highest BCUT2D eigenvalue weighted by atomic mass is 35.5. The molecule has 1 unspecified atom stereocenters. The highest BCUT2D eigenvalue weighted by Crippen LogP contribution is 2.24. The zero-order chi connectivity index (χ0) is 14.7. The summed E-state index contributed by atoms with van der Waals surface area (Å²) in [6, 6.07) is 6.55. The molecule has 2 heterocycles. The lowest BCUT2D eigenvalue weighted by atomic mass is 10.2. The molecule has 1 N–H and O–H groups in total. The van der Waals surface area contributed by atoms with Gasteiger partial charge in [0.1, 0.15) is 5.82 Å². The number of halogens is 2. The SMILES string of the molecule is CN1CCNCC1c1noc(CSc2ccc(F)cc2)n1.Cl. The molecule has 1 saturated heterocycles. The van der Waals surface area contributed by atoms with Gasteiger partial charge in [-0.15, -0.1) is 24.2 Å². The van der Waals surface area contributed by atoms with Gasteiger partial charge in [0, 0.05) is 24.5 Å². The van der Waals surface area contributed by atoms with E-state index in [1.165, 1.54) is 12.1 Å². The fourth-order valence-corrected chi connectivity index (χ4v) is 2.97. The molecule has 2 aromatic rings. The first-order chi connectivity index (χ1) is 10.2. The lowest BCUT2D eigenvalue weighted by Gasteiger charge is -2.30. The largest absolute Gasteiger partial charge is 0.338 e. The van der Waals surface area contributed by atoms with Crippen molar-refractivity contribution in [2.75, 3.05) is 26.7 Å². The van der Waals surface area contributed by atoms with Gasteiger partial charge in [0.05, 0.1) is 11.8 Å². The molecule has 0 radical (unpaired) electrons.